The van der Waals surface area contributed by atoms with Crippen LogP contribution < -0.4 is 0 Å². The van der Waals surface area contributed by atoms with Crippen LogP contribution in [0.4, 0.5) is 0 Å². The molecule has 0 saturated carbocycles. The lowest BCUT2D eigenvalue weighted by Crippen LogP contribution is -2.57. The van der Waals surface area contributed by atoms with Gasteiger partial charge in [-0.3, -0.25) is 0 Å². The molecule has 0 fully saturated rings. The summed E-state index contributed by atoms with van der Waals surface area (Å²) in [6.45, 7) is 18.6. The lowest BCUT2D eigenvalue weighted by Gasteiger charge is -2.32. The topological polar surface area (TPSA) is 135 Å². The quantitative estimate of drug-likeness (QED) is 0.467. The number of ether oxygens (including phenoxy) is 5. The van der Waals surface area contributed by atoms with E-state index in [1.807, 2.05) is 0 Å². The molecule has 1 aliphatic heterocycles. The van der Waals surface area contributed by atoms with Crippen LogP contribution in [-0.2, 0) is 42.9 Å². The van der Waals surface area contributed by atoms with Gasteiger partial charge >= 0.3 is 23.9 Å². The highest BCUT2D eigenvalue weighted by molar-refractivity contribution is 6.10. The molecule has 0 aromatic rings. The molecule has 0 unspecified atom stereocenters. The maximum atomic E-state index is 13.2. The molecule has 2 atom stereocenters. The van der Waals surface area contributed by atoms with E-state index >= 15 is 0 Å². The van der Waals surface area contributed by atoms with Crippen molar-refractivity contribution in [2.45, 2.75) is 117 Å². The minimum Gasteiger partial charge on any atom is -0.466 e. The van der Waals surface area contributed by atoms with Crippen molar-refractivity contribution < 1.29 is 48.0 Å². The Labute approximate surface area is 200 Å². The molecule has 194 valence electrons. The molecule has 1 aliphatic rings. The first kappa shape index (κ1) is 29.4. The predicted octanol–water partition coefficient (Wildman–Crippen LogP) is 2.74. The Morgan fingerprint density at radius 2 is 1.06 bits per heavy atom. The standard InChI is InChI=1S/C24H38O10/c1-20(2,3)31-16(25)13-14(17(26)32-21(4,5)6)30-15(18(27)33-22(7,8)9)24(13,29)19(28)34-23(10,11)12/h15,29H,1-12H3/t15-,24-/m1/s1. The molecule has 1 N–H and O–H groups in total. The summed E-state index contributed by atoms with van der Waals surface area (Å²) in [5.74, 6) is -5.86. The lowest BCUT2D eigenvalue weighted by atomic mass is 9.88. The molecule has 0 aromatic carbocycles. The molecular weight excluding hydrogens is 448 g/mol. The molecule has 10 heteroatoms. The minimum absolute atomic E-state index is 0.839. The molecule has 0 radical (unpaired) electrons. The normalized spacial score (nSPS) is 21.5. The zero-order valence-electron chi connectivity index (χ0n) is 22.2. The fourth-order valence-corrected chi connectivity index (χ4v) is 2.76. The summed E-state index contributed by atoms with van der Waals surface area (Å²) in [6.07, 6.45) is -2.13. The highest BCUT2D eigenvalue weighted by atomic mass is 16.6. The molecule has 0 aromatic heterocycles. The fraction of sp³-hybridized carbons (Fsp3) is 0.750. The molecule has 34 heavy (non-hydrogen) atoms. The maximum absolute atomic E-state index is 13.2. The highest BCUT2D eigenvalue weighted by Gasteiger charge is 2.66. The van der Waals surface area contributed by atoms with Crippen LogP contribution in [0.5, 0.6) is 0 Å². The average Bonchev–Trinajstić information content (AvgIpc) is 2.83. The second kappa shape index (κ2) is 9.20. The van der Waals surface area contributed by atoms with Gasteiger partial charge in [-0.05, 0) is 83.1 Å². The molecule has 1 rings (SSSR count). The van der Waals surface area contributed by atoms with Crippen molar-refractivity contribution >= 4 is 23.9 Å². The number of carbonyl (C=O) groups is 4. The first-order valence-electron chi connectivity index (χ1n) is 10.9. The minimum atomic E-state index is -3.05. The Morgan fingerprint density at radius 3 is 1.44 bits per heavy atom. The van der Waals surface area contributed by atoms with E-state index in [1.165, 1.54) is 20.8 Å². The number of aliphatic hydroxyl groups is 1. The molecule has 0 saturated heterocycles. The van der Waals surface area contributed by atoms with Crippen LogP contribution in [0.2, 0.25) is 0 Å². The van der Waals surface area contributed by atoms with E-state index in [-0.39, 0.29) is 0 Å². The van der Waals surface area contributed by atoms with Crippen LogP contribution in [0.1, 0.15) is 83.1 Å². The lowest BCUT2D eigenvalue weighted by molar-refractivity contribution is -0.195. The highest BCUT2D eigenvalue weighted by Crippen LogP contribution is 2.40. The second-order valence-corrected chi connectivity index (χ2v) is 12.0. The van der Waals surface area contributed by atoms with Crippen LogP contribution in [0.25, 0.3) is 0 Å². The summed E-state index contributed by atoms with van der Waals surface area (Å²) in [7, 11) is 0. The van der Waals surface area contributed by atoms with Gasteiger partial charge in [0.05, 0.1) is 0 Å². The largest absolute Gasteiger partial charge is 0.466 e. The van der Waals surface area contributed by atoms with Gasteiger partial charge in [-0.15, -0.1) is 0 Å². The molecule has 0 aliphatic carbocycles. The summed E-state index contributed by atoms with van der Waals surface area (Å²) in [6, 6.07) is 0. The third-order valence-corrected chi connectivity index (χ3v) is 3.74. The first-order chi connectivity index (χ1) is 14.9. The van der Waals surface area contributed by atoms with Crippen molar-refractivity contribution in [1.82, 2.24) is 0 Å². The Bertz CT molecular complexity index is 871. The van der Waals surface area contributed by atoms with Crippen LogP contribution >= 0.6 is 0 Å². The van der Waals surface area contributed by atoms with E-state index in [0.29, 0.717) is 0 Å². The Hall–Kier alpha value is -2.62. The van der Waals surface area contributed by atoms with Crippen LogP contribution in [-0.4, -0.2) is 63.1 Å². The van der Waals surface area contributed by atoms with Gasteiger partial charge in [0, 0.05) is 0 Å². The van der Waals surface area contributed by atoms with Crippen molar-refractivity contribution in [3.63, 3.8) is 0 Å². The van der Waals surface area contributed by atoms with Crippen LogP contribution in [0.15, 0.2) is 11.3 Å². The predicted molar refractivity (Wildman–Crippen MR) is 120 cm³/mol. The van der Waals surface area contributed by atoms with E-state index in [0.717, 1.165) is 0 Å². The van der Waals surface area contributed by atoms with Crippen molar-refractivity contribution in [3.8, 4) is 0 Å². The van der Waals surface area contributed by atoms with Crippen molar-refractivity contribution in [2.24, 2.45) is 0 Å². The van der Waals surface area contributed by atoms with Gasteiger partial charge in [0.1, 0.15) is 28.0 Å². The number of hydrogen-bond donors (Lipinski definition) is 1. The summed E-state index contributed by atoms with van der Waals surface area (Å²) in [5.41, 5.74) is -8.23. The molecule has 10 nitrogen and oxygen atoms in total. The van der Waals surface area contributed by atoms with E-state index < -0.39 is 69.3 Å². The molecule has 0 bridgehead atoms. The monoisotopic (exact) mass is 486 g/mol. The smallest absolute Gasteiger partial charge is 0.374 e. The van der Waals surface area contributed by atoms with Gasteiger partial charge in [0.25, 0.3) is 0 Å². The number of rotatable bonds is 4. The molecule has 1 heterocycles. The van der Waals surface area contributed by atoms with E-state index in [1.54, 1.807) is 62.3 Å². The van der Waals surface area contributed by atoms with Crippen molar-refractivity contribution in [2.75, 3.05) is 0 Å². The molecule has 0 amide bonds. The Kier molecular flexibility index (Phi) is 7.96. The summed E-state index contributed by atoms with van der Waals surface area (Å²) in [5, 5.41) is 11.6. The third-order valence-electron chi connectivity index (χ3n) is 3.74. The zero-order valence-corrected chi connectivity index (χ0v) is 22.2. The van der Waals surface area contributed by atoms with Crippen molar-refractivity contribution in [3.05, 3.63) is 11.3 Å². The number of esters is 4. The third kappa shape index (κ3) is 7.72. The first-order valence-corrected chi connectivity index (χ1v) is 10.9. The summed E-state index contributed by atoms with van der Waals surface area (Å²) >= 11 is 0. The SMILES string of the molecule is CC(C)(C)OC(=O)C1=C(C(=O)OC(C)(C)C)[C@](O)(C(=O)OC(C)(C)C)[C@@H](C(=O)OC(C)(C)C)O1. The van der Waals surface area contributed by atoms with Gasteiger partial charge in [0.15, 0.2) is 0 Å². The maximum Gasteiger partial charge on any atom is 0.374 e. The average molecular weight is 487 g/mol. The van der Waals surface area contributed by atoms with E-state index in [9.17, 15) is 24.3 Å². The van der Waals surface area contributed by atoms with Gasteiger partial charge in [-0.25, -0.2) is 19.2 Å². The van der Waals surface area contributed by atoms with Crippen molar-refractivity contribution in [1.29, 1.82) is 0 Å². The summed E-state index contributed by atoms with van der Waals surface area (Å²) < 4.78 is 26.7. The number of carbonyl (C=O) groups excluding carboxylic acids is 4. The van der Waals surface area contributed by atoms with Gasteiger partial charge in [-0.2, -0.15) is 0 Å². The van der Waals surface area contributed by atoms with E-state index in [2.05, 4.69) is 0 Å². The van der Waals surface area contributed by atoms with Gasteiger partial charge in [0.2, 0.25) is 17.5 Å². The number of hydrogen-bond acceptors (Lipinski definition) is 10. The van der Waals surface area contributed by atoms with Crippen LogP contribution in [0.3, 0.4) is 0 Å². The van der Waals surface area contributed by atoms with E-state index in [4.69, 9.17) is 23.7 Å². The Balaban J connectivity index is 3.81. The Morgan fingerprint density at radius 1 is 0.676 bits per heavy atom. The molecular formula is C24H38O10. The summed E-state index contributed by atoms with van der Waals surface area (Å²) in [4.78, 5) is 52.4. The molecule has 0 spiro atoms. The van der Waals surface area contributed by atoms with Gasteiger partial charge < -0.3 is 28.8 Å². The van der Waals surface area contributed by atoms with Gasteiger partial charge in [-0.1, -0.05) is 0 Å². The fourth-order valence-electron chi connectivity index (χ4n) is 2.76. The second-order valence-electron chi connectivity index (χ2n) is 12.0. The zero-order chi connectivity index (χ0) is 27.1. The van der Waals surface area contributed by atoms with Crippen LogP contribution in [0, 0.1) is 0 Å².